The third-order valence-electron chi connectivity index (χ3n) is 3.72. The van der Waals surface area contributed by atoms with Gasteiger partial charge in [-0.3, -0.25) is 9.59 Å². The van der Waals surface area contributed by atoms with Crippen molar-refractivity contribution in [2.24, 2.45) is 0 Å². The molecule has 8 heteroatoms. The summed E-state index contributed by atoms with van der Waals surface area (Å²) in [5, 5.41) is 5.60. The van der Waals surface area contributed by atoms with Gasteiger partial charge in [-0.25, -0.2) is 0 Å². The lowest BCUT2D eigenvalue weighted by atomic mass is 10.2. The molecule has 0 saturated heterocycles. The van der Waals surface area contributed by atoms with Crippen LogP contribution in [0.15, 0.2) is 54.6 Å². The summed E-state index contributed by atoms with van der Waals surface area (Å²) in [4.78, 5) is 23.3. The highest BCUT2D eigenvalue weighted by Gasteiger charge is 2.09. The number of hydrogen-bond acceptors (Lipinski definition) is 6. The van der Waals surface area contributed by atoms with Gasteiger partial charge in [0, 0.05) is 19.2 Å². The first-order chi connectivity index (χ1) is 14.1. The predicted molar refractivity (Wildman–Crippen MR) is 114 cm³/mol. The number of nitrogens with one attached hydrogen (secondary N) is 2. The van der Waals surface area contributed by atoms with Crippen LogP contribution in [0.5, 0.6) is 5.75 Å². The minimum Gasteiger partial charge on any atom is -0.489 e. The maximum atomic E-state index is 11.9. The Morgan fingerprint density at radius 1 is 0.966 bits per heavy atom. The predicted octanol–water partition coefficient (Wildman–Crippen LogP) is 3.05. The summed E-state index contributed by atoms with van der Waals surface area (Å²) in [5.41, 5.74) is 1.79. The Morgan fingerprint density at radius 2 is 1.69 bits per heavy atom. The zero-order valence-corrected chi connectivity index (χ0v) is 17.0. The molecule has 0 atom stereocenters. The minimum absolute atomic E-state index is 0.0140. The highest BCUT2D eigenvalue weighted by Crippen LogP contribution is 2.17. The topological polar surface area (TPSA) is 85.9 Å². The summed E-state index contributed by atoms with van der Waals surface area (Å²) in [6.07, 6.45) is -0.0362. The zero-order valence-electron chi connectivity index (χ0n) is 16.2. The number of rotatable bonds is 10. The van der Waals surface area contributed by atoms with Crippen LogP contribution in [0.3, 0.4) is 0 Å². The molecule has 0 unspecified atom stereocenters. The van der Waals surface area contributed by atoms with E-state index >= 15 is 0 Å². The van der Waals surface area contributed by atoms with E-state index in [2.05, 4.69) is 10.6 Å². The van der Waals surface area contributed by atoms with E-state index in [1.807, 2.05) is 42.5 Å². The summed E-state index contributed by atoms with van der Waals surface area (Å²) >= 11 is 5.12. The lowest BCUT2D eigenvalue weighted by Crippen LogP contribution is -2.34. The van der Waals surface area contributed by atoms with Gasteiger partial charge in [0.1, 0.15) is 19.0 Å². The first kappa shape index (κ1) is 22.3. The minimum atomic E-state index is -0.456. The number of carbonyl (C=O) groups excluding carboxylic acids is 2. The van der Waals surface area contributed by atoms with Crippen LogP contribution in [-0.2, 0) is 25.7 Å². The summed E-state index contributed by atoms with van der Waals surface area (Å²) in [5.74, 6) is -0.0995. The van der Waals surface area contributed by atoms with Gasteiger partial charge >= 0.3 is 5.97 Å². The van der Waals surface area contributed by atoms with Crippen LogP contribution in [0.1, 0.15) is 18.4 Å². The Kier molecular flexibility index (Phi) is 9.61. The monoisotopic (exact) mass is 416 g/mol. The van der Waals surface area contributed by atoms with Crippen LogP contribution in [-0.4, -0.2) is 37.3 Å². The number of ether oxygens (including phenoxy) is 3. The van der Waals surface area contributed by atoms with Crippen LogP contribution in [0.4, 0.5) is 5.69 Å². The molecule has 2 N–H and O–H groups in total. The summed E-state index contributed by atoms with van der Waals surface area (Å²) < 4.78 is 15.4. The number of anilines is 1. The molecule has 2 aromatic carbocycles. The highest BCUT2D eigenvalue weighted by atomic mass is 32.1. The summed E-state index contributed by atoms with van der Waals surface area (Å²) in [6.45, 7) is 0.972. The van der Waals surface area contributed by atoms with E-state index in [1.165, 1.54) is 7.11 Å². The second-order valence-electron chi connectivity index (χ2n) is 6.01. The van der Waals surface area contributed by atoms with E-state index in [9.17, 15) is 9.59 Å². The van der Waals surface area contributed by atoms with Crippen molar-refractivity contribution in [1.29, 1.82) is 0 Å². The van der Waals surface area contributed by atoms with Crippen molar-refractivity contribution in [3.05, 3.63) is 60.2 Å². The fourth-order valence-corrected chi connectivity index (χ4v) is 2.49. The Labute approximate surface area is 175 Å². The third kappa shape index (κ3) is 9.18. The Hall–Kier alpha value is -2.97. The number of carbonyl (C=O) groups is 2. The highest BCUT2D eigenvalue weighted by molar-refractivity contribution is 7.80. The molecule has 0 saturated carbocycles. The van der Waals surface area contributed by atoms with E-state index < -0.39 is 5.97 Å². The van der Waals surface area contributed by atoms with Gasteiger partial charge in [0.25, 0.3) is 0 Å². The van der Waals surface area contributed by atoms with E-state index in [1.54, 1.807) is 12.1 Å². The van der Waals surface area contributed by atoms with Crippen LogP contribution in [0, 0.1) is 0 Å². The average molecular weight is 416 g/mol. The zero-order chi connectivity index (χ0) is 20.9. The van der Waals surface area contributed by atoms with Crippen LogP contribution in [0.25, 0.3) is 0 Å². The van der Waals surface area contributed by atoms with E-state index in [-0.39, 0.29) is 30.5 Å². The van der Waals surface area contributed by atoms with Crippen molar-refractivity contribution in [1.82, 2.24) is 5.32 Å². The maximum Gasteiger partial charge on any atom is 0.306 e. The van der Waals surface area contributed by atoms with Crippen molar-refractivity contribution in [2.75, 3.05) is 25.6 Å². The molecule has 0 aromatic heterocycles. The molecule has 0 radical (unpaired) electrons. The lowest BCUT2D eigenvalue weighted by molar-refractivity contribution is -0.146. The second kappa shape index (κ2) is 12.5. The molecular weight excluding hydrogens is 392 g/mol. The van der Waals surface area contributed by atoms with Gasteiger partial charge in [-0.05, 0) is 42.0 Å². The van der Waals surface area contributed by atoms with Crippen LogP contribution >= 0.6 is 12.2 Å². The first-order valence-electron chi connectivity index (χ1n) is 9.09. The van der Waals surface area contributed by atoms with Crippen molar-refractivity contribution in [2.45, 2.75) is 19.4 Å². The number of benzene rings is 2. The Bertz CT molecular complexity index is 796. The summed E-state index contributed by atoms with van der Waals surface area (Å²) in [7, 11) is 1.51. The van der Waals surface area contributed by atoms with Crippen molar-refractivity contribution < 1.29 is 23.8 Å². The molecule has 0 aliphatic heterocycles. The number of amides is 1. The van der Waals surface area contributed by atoms with Crippen LogP contribution < -0.4 is 15.4 Å². The molecule has 7 nitrogen and oxygen atoms in total. The van der Waals surface area contributed by atoms with Crippen LogP contribution in [0.2, 0.25) is 0 Å². The lowest BCUT2D eigenvalue weighted by Gasteiger charge is -2.11. The first-order valence-corrected chi connectivity index (χ1v) is 9.50. The van der Waals surface area contributed by atoms with Gasteiger partial charge < -0.3 is 24.8 Å². The van der Waals surface area contributed by atoms with Crippen molar-refractivity contribution in [3.63, 3.8) is 0 Å². The number of esters is 1. The second-order valence-corrected chi connectivity index (χ2v) is 6.42. The molecule has 29 heavy (non-hydrogen) atoms. The Balaban J connectivity index is 1.69. The van der Waals surface area contributed by atoms with Gasteiger partial charge in [-0.1, -0.05) is 30.3 Å². The molecule has 0 spiro atoms. The van der Waals surface area contributed by atoms with Gasteiger partial charge in [-0.2, -0.15) is 0 Å². The quantitative estimate of drug-likeness (QED) is 0.350. The standard InChI is InChI=1S/C21H24N2O5S/c1-26-13-14-27-20(25)12-11-19(24)23-21(29)22-17-7-9-18(10-8-17)28-15-16-5-3-2-4-6-16/h2-10H,11-15H2,1H3,(H2,22,23,24,29). The fraction of sp³-hybridized carbons (Fsp3) is 0.286. The number of methoxy groups -OCH3 is 1. The molecule has 0 aliphatic carbocycles. The smallest absolute Gasteiger partial charge is 0.306 e. The third-order valence-corrected chi connectivity index (χ3v) is 3.92. The molecular formula is C21H24N2O5S. The molecule has 2 rings (SSSR count). The number of thiocarbonyl (C=S) groups is 1. The molecule has 0 heterocycles. The SMILES string of the molecule is COCCOC(=O)CCC(=O)NC(=S)Nc1ccc(OCc2ccccc2)cc1. The van der Waals surface area contributed by atoms with E-state index in [0.29, 0.717) is 18.9 Å². The molecule has 154 valence electrons. The summed E-state index contributed by atoms with van der Waals surface area (Å²) in [6, 6.07) is 17.1. The largest absolute Gasteiger partial charge is 0.489 e. The number of hydrogen-bond donors (Lipinski definition) is 2. The van der Waals surface area contributed by atoms with E-state index in [4.69, 9.17) is 26.4 Å². The van der Waals surface area contributed by atoms with E-state index in [0.717, 1.165) is 11.3 Å². The average Bonchev–Trinajstić information content (AvgIpc) is 2.72. The maximum absolute atomic E-state index is 11.9. The molecule has 2 aromatic rings. The van der Waals surface area contributed by atoms with Gasteiger partial charge in [0.05, 0.1) is 13.0 Å². The molecule has 0 fully saturated rings. The normalized spacial score (nSPS) is 10.1. The van der Waals surface area contributed by atoms with Gasteiger partial charge in [0.15, 0.2) is 5.11 Å². The Morgan fingerprint density at radius 3 is 2.38 bits per heavy atom. The molecule has 0 bridgehead atoms. The molecule has 1 amide bonds. The van der Waals surface area contributed by atoms with Gasteiger partial charge in [0.2, 0.25) is 5.91 Å². The fourth-order valence-electron chi connectivity index (χ4n) is 2.25. The van der Waals surface area contributed by atoms with Crippen molar-refractivity contribution in [3.8, 4) is 5.75 Å². The molecule has 0 aliphatic rings. The van der Waals surface area contributed by atoms with Gasteiger partial charge in [-0.15, -0.1) is 0 Å². The van der Waals surface area contributed by atoms with Crippen molar-refractivity contribution >= 4 is 34.9 Å².